The number of benzene rings is 1. The molecule has 116 valence electrons. The maximum absolute atomic E-state index is 12.5. The molecule has 3 N–H and O–H groups in total. The number of phenolic OH excluding ortho intramolecular Hbond substituents is 1. The first kappa shape index (κ1) is 16.1. The largest absolute Gasteiger partial charge is 0.506 e. The topological polar surface area (TPSA) is 70.6 Å². The van der Waals surface area contributed by atoms with E-state index in [0.29, 0.717) is 16.3 Å². The van der Waals surface area contributed by atoms with Crippen LogP contribution in [0.3, 0.4) is 0 Å². The fraction of sp³-hybridized carbons (Fsp3) is 0.533. The molecule has 21 heavy (non-hydrogen) atoms. The number of nitrogens with one attached hydrogen (secondary N) is 2. The number of halogens is 1. The van der Waals surface area contributed by atoms with Crippen molar-refractivity contribution in [2.45, 2.75) is 38.3 Å². The van der Waals surface area contributed by atoms with Gasteiger partial charge in [-0.2, -0.15) is 0 Å². The van der Waals surface area contributed by atoms with Crippen molar-refractivity contribution >= 4 is 21.8 Å². The van der Waals surface area contributed by atoms with Crippen molar-refractivity contribution in [1.29, 1.82) is 0 Å². The van der Waals surface area contributed by atoms with E-state index >= 15 is 0 Å². The lowest BCUT2D eigenvalue weighted by molar-refractivity contribution is 0.0921. The number of carbonyl (C=O) groups is 1. The normalized spacial score (nSPS) is 19.3. The maximum atomic E-state index is 12.5. The standard InChI is InChI=1S/C15H21BrN2O3/c1-3-10(11-5-4-8-17-11)18-15(20)13-12(21-2)7-6-9(16)14(13)19/h6-7,10-11,17,19H,3-5,8H2,1-2H3,(H,18,20). The Labute approximate surface area is 133 Å². The molecule has 1 aromatic rings. The van der Waals surface area contributed by atoms with Gasteiger partial charge in [-0.05, 0) is 53.9 Å². The first-order valence-electron chi connectivity index (χ1n) is 7.18. The summed E-state index contributed by atoms with van der Waals surface area (Å²) in [6.45, 7) is 3.03. The van der Waals surface area contributed by atoms with E-state index in [-0.39, 0.29) is 23.3 Å². The summed E-state index contributed by atoms with van der Waals surface area (Å²) in [6, 6.07) is 3.65. The Hall–Kier alpha value is -1.27. The molecule has 1 heterocycles. The summed E-state index contributed by atoms with van der Waals surface area (Å²) < 4.78 is 5.66. The van der Waals surface area contributed by atoms with Crippen LogP contribution in [0.4, 0.5) is 0 Å². The molecule has 1 saturated heterocycles. The van der Waals surface area contributed by atoms with Crippen LogP contribution in [0, 0.1) is 0 Å². The highest BCUT2D eigenvalue weighted by Crippen LogP contribution is 2.34. The van der Waals surface area contributed by atoms with E-state index in [9.17, 15) is 9.90 Å². The molecule has 1 amide bonds. The van der Waals surface area contributed by atoms with Crippen LogP contribution in [-0.2, 0) is 0 Å². The number of aromatic hydroxyl groups is 1. The molecule has 0 aromatic heterocycles. The lowest BCUT2D eigenvalue weighted by Gasteiger charge is -2.24. The molecule has 5 nitrogen and oxygen atoms in total. The minimum Gasteiger partial charge on any atom is -0.506 e. The smallest absolute Gasteiger partial charge is 0.259 e. The molecule has 1 fully saturated rings. The summed E-state index contributed by atoms with van der Waals surface area (Å²) in [4.78, 5) is 12.5. The fourth-order valence-electron chi connectivity index (χ4n) is 2.72. The number of methoxy groups -OCH3 is 1. The maximum Gasteiger partial charge on any atom is 0.259 e. The second kappa shape index (κ2) is 7.13. The summed E-state index contributed by atoms with van der Waals surface area (Å²) in [5, 5.41) is 16.5. The minimum absolute atomic E-state index is 0.0445. The van der Waals surface area contributed by atoms with E-state index in [4.69, 9.17) is 4.74 Å². The number of rotatable bonds is 5. The zero-order valence-corrected chi connectivity index (χ0v) is 13.9. The van der Waals surface area contributed by atoms with Crippen molar-refractivity contribution in [2.24, 2.45) is 0 Å². The zero-order chi connectivity index (χ0) is 15.4. The van der Waals surface area contributed by atoms with Gasteiger partial charge in [0.25, 0.3) is 5.91 Å². The van der Waals surface area contributed by atoms with E-state index in [1.165, 1.54) is 7.11 Å². The fourth-order valence-corrected chi connectivity index (χ4v) is 3.05. The highest BCUT2D eigenvalue weighted by atomic mass is 79.9. The molecule has 1 aliphatic rings. The van der Waals surface area contributed by atoms with E-state index in [1.807, 2.05) is 6.92 Å². The Morgan fingerprint density at radius 3 is 2.95 bits per heavy atom. The molecular weight excluding hydrogens is 336 g/mol. The number of carbonyl (C=O) groups excluding carboxylic acids is 1. The molecule has 1 aliphatic heterocycles. The van der Waals surface area contributed by atoms with Crippen molar-refractivity contribution in [3.8, 4) is 11.5 Å². The highest BCUT2D eigenvalue weighted by molar-refractivity contribution is 9.10. The van der Waals surface area contributed by atoms with Gasteiger partial charge in [-0.1, -0.05) is 6.92 Å². The van der Waals surface area contributed by atoms with E-state index in [2.05, 4.69) is 26.6 Å². The van der Waals surface area contributed by atoms with E-state index < -0.39 is 0 Å². The van der Waals surface area contributed by atoms with Crippen molar-refractivity contribution < 1.29 is 14.6 Å². The van der Waals surface area contributed by atoms with Gasteiger partial charge in [0.15, 0.2) is 0 Å². The molecule has 1 aromatic carbocycles. The monoisotopic (exact) mass is 356 g/mol. The highest BCUT2D eigenvalue weighted by Gasteiger charge is 2.27. The quantitative estimate of drug-likeness (QED) is 0.757. The lowest BCUT2D eigenvalue weighted by Crippen LogP contribution is -2.47. The molecule has 0 spiro atoms. The van der Waals surface area contributed by atoms with Crippen LogP contribution in [0.2, 0.25) is 0 Å². The van der Waals surface area contributed by atoms with Crippen molar-refractivity contribution in [3.05, 3.63) is 22.2 Å². The number of phenols is 1. The molecule has 2 rings (SSSR count). The van der Waals surface area contributed by atoms with Crippen molar-refractivity contribution in [2.75, 3.05) is 13.7 Å². The van der Waals surface area contributed by atoms with Gasteiger partial charge in [0.05, 0.1) is 11.6 Å². The Balaban J connectivity index is 2.21. The van der Waals surface area contributed by atoms with Gasteiger partial charge >= 0.3 is 0 Å². The van der Waals surface area contributed by atoms with Crippen LogP contribution in [0.15, 0.2) is 16.6 Å². The van der Waals surface area contributed by atoms with Crippen LogP contribution in [0.25, 0.3) is 0 Å². The van der Waals surface area contributed by atoms with Gasteiger partial charge in [-0.3, -0.25) is 4.79 Å². The second-order valence-electron chi connectivity index (χ2n) is 5.16. The molecule has 0 aliphatic carbocycles. The van der Waals surface area contributed by atoms with Gasteiger partial charge in [0.1, 0.15) is 17.1 Å². The minimum atomic E-state index is -0.314. The second-order valence-corrected chi connectivity index (χ2v) is 6.02. The van der Waals surface area contributed by atoms with Gasteiger partial charge in [0, 0.05) is 12.1 Å². The predicted molar refractivity (Wildman–Crippen MR) is 84.9 cm³/mol. The first-order valence-corrected chi connectivity index (χ1v) is 7.97. The number of hydrogen-bond donors (Lipinski definition) is 3. The first-order chi connectivity index (χ1) is 10.1. The van der Waals surface area contributed by atoms with Crippen LogP contribution in [0.1, 0.15) is 36.5 Å². The van der Waals surface area contributed by atoms with Crippen LogP contribution in [0.5, 0.6) is 11.5 Å². The third-order valence-electron chi connectivity index (χ3n) is 3.88. The molecule has 0 bridgehead atoms. The molecule has 0 radical (unpaired) electrons. The zero-order valence-electron chi connectivity index (χ0n) is 12.3. The van der Waals surface area contributed by atoms with Crippen LogP contribution >= 0.6 is 15.9 Å². The third-order valence-corrected chi connectivity index (χ3v) is 4.52. The van der Waals surface area contributed by atoms with Gasteiger partial charge < -0.3 is 20.5 Å². The SMILES string of the molecule is CCC(NC(=O)c1c(OC)ccc(Br)c1O)C1CCCN1. The summed E-state index contributed by atoms with van der Waals surface area (Å²) in [6.07, 6.45) is 3.02. The van der Waals surface area contributed by atoms with Gasteiger partial charge in [0.2, 0.25) is 0 Å². The predicted octanol–water partition coefficient (Wildman–Crippen LogP) is 2.42. The number of hydrogen-bond acceptors (Lipinski definition) is 4. The van der Waals surface area contributed by atoms with Gasteiger partial charge in [-0.15, -0.1) is 0 Å². The van der Waals surface area contributed by atoms with Crippen LogP contribution in [-0.4, -0.2) is 36.8 Å². The van der Waals surface area contributed by atoms with Crippen molar-refractivity contribution in [1.82, 2.24) is 10.6 Å². The van der Waals surface area contributed by atoms with Gasteiger partial charge in [-0.25, -0.2) is 0 Å². The average molecular weight is 357 g/mol. The van der Waals surface area contributed by atoms with E-state index in [1.54, 1.807) is 12.1 Å². The molecular formula is C15H21BrN2O3. The Morgan fingerprint density at radius 2 is 2.38 bits per heavy atom. The number of amides is 1. The lowest BCUT2D eigenvalue weighted by atomic mass is 10.0. The summed E-state index contributed by atoms with van der Waals surface area (Å²) in [7, 11) is 1.48. The van der Waals surface area contributed by atoms with Crippen molar-refractivity contribution in [3.63, 3.8) is 0 Å². The number of ether oxygens (including phenoxy) is 1. The summed E-state index contributed by atoms with van der Waals surface area (Å²) >= 11 is 3.23. The molecule has 6 heteroatoms. The van der Waals surface area contributed by atoms with Crippen LogP contribution < -0.4 is 15.4 Å². The Kier molecular flexibility index (Phi) is 5.47. The van der Waals surface area contributed by atoms with E-state index in [0.717, 1.165) is 25.8 Å². The molecule has 2 unspecified atom stereocenters. The Bertz CT molecular complexity index is 516. The Morgan fingerprint density at radius 1 is 1.62 bits per heavy atom. The molecule has 0 saturated carbocycles. The summed E-state index contributed by atoms with van der Waals surface area (Å²) in [5.41, 5.74) is 0.170. The average Bonchev–Trinajstić information content (AvgIpc) is 3.01. The summed E-state index contributed by atoms with van der Waals surface area (Å²) in [5.74, 6) is -0.0466. The molecule has 2 atom stereocenters. The third kappa shape index (κ3) is 3.49.